The van der Waals surface area contributed by atoms with Crippen molar-refractivity contribution in [1.82, 2.24) is 20.2 Å². The highest BCUT2D eigenvalue weighted by molar-refractivity contribution is 6.32. The summed E-state index contributed by atoms with van der Waals surface area (Å²) in [6.45, 7) is 3.77. The van der Waals surface area contributed by atoms with Crippen LogP contribution in [-0.2, 0) is 0 Å². The minimum Gasteiger partial charge on any atom is -0.508 e. The molecular formula is C31H35ClFN5O2. The third kappa shape index (κ3) is 4.30. The van der Waals surface area contributed by atoms with Crippen LogP contribution in [0.15, 0.2) is 30.5 Å². The number of rotatable bonds is 6. The molecule has 5 fully saturated rings. The van der Waals surface area contributed by atoms with Gasteiger partial charge < -0.3 is 20.1 Å². The summed E-state index contributed by atoms with van der Waals surface area (Å²) in [5, 5.41) is 15.7. The molecule has 7 nitrogen and oxygen atoms in total. The summed E-state index contributed by atoms with van der Waals surface area (Å²) < 4.78 is 20.9. The lowest BCUT2D eigenvalue weighted by molar-refractivity contribution is 0.111. The predicted molar refractivity (Wildman–Crippen MR) is 154 cm³/mol. The summed E-state index contributed by atoms with van der Waals surface area (Å²) in [6.07, 6.45) is 8.28. The third-order valence-corrected chi connectivity index (χ3v) is 10.1. The van der Waals surface area contributed by atoms with Gasteiger partial charge in [-0.25, -0.2) is 9.37 Å². The SMILES string of the molecule is Oc1cc(Cl)c(C2CC2)c(-c2cc3nc(OC[C@@]45CCCN4C[C@H](F)C5)cc(N4CC5CCC(C4)N5)c3cn2)c1. The molecule has 2 N–H and O–H groups in total. The molecule has 6 heterocycles. The normalized spacial score (nSPS) is 29.9. The second-order valence-corrected chi connectivity index (χ2v) is 13.0. The highest BCUT2D eigenvalue weighted by Crippen LogP contribution is 2.49. The van der Waals surface area contributed by atoms with Gasteiger partial charge in [-0.1, -0.05) is 11.6 Å². The number of fused-ring (bicyclic) bond motifs is 4. The van der Waals surface area contributed by atoms with E-state index in [1.165, 1.54) is 12.8 Å². The van der Waals surface area contributed by atoms with Crippen LogP contribution in [0.5, 0.6) is 11.6 Å². The van der Waals surface area contributed by atoms with Gasteiger partial charge in [0.25, 0.3) is 0 Å². The lowest BCUT2D eigenvalue weighted by atomic mass is 9.95. The quantitative estimate of drug-likeness (QED) is 0.414. The average Bonchev–Trinajstić information content (AvgIpc) is 3.51. The Morgan fingerprint density at radius 2 is 1.93 bits per heavy atom. The lowest BCUT2D eigenvalue weighted by Gasteiger charge is -2.35. The van der Waals surface area contributed by atoms with Crippen molar-refractivity contribution in [2.24, 2.45) is 0 Å². The van der Waals surface area contributed by atoms with Crippen LogP contribution in [0.2, 0.25) is 5.02 Å². The second kappa shape index (κ2) is 9.43. The van der Waals surface area contributed by atoms with Gasteiger partial charge >= 0.3 is 0 Å². The molecule has 4 aliphatic heterocycles. The van der Waals surface area contributed by atoms with Crippen LogP contribution in [0.1, 0.15) is 56.4 Å². The van der Waals surface area contributed by atoms with Crippen molar-refractivity contribution in [2.75, 3.05) is 37.7 Å². The molecule has 2 unspecified atom stereocenters. The Kier molecular flexibility index (Phi) is 5.91. The number of phenols is 1. The summed E-state index contributed by atoms with van der Waals surface area (Å²) in [7, 11) is 0. The molecule has 2 bridgehead atoms. The van der Waals surface area contributed by atoms with Gasteiger partial charge in [-0.2, -0.15) is 0 Å². The first-order valence-corrected chi connectivity index (χ1v) is 15.2. The topological polar surface area (TPSA) is 73.8 Å². The Labute approximate surface area is 238 Å². The first kappa shape index (κ1) is 25.1. The van der Waals surface area contributed by atoms with Crippen molar-refractivity contribution in [1.29, 1.82) is 0 Å². The van der Waals surface area contributed by atoms with Gasteiger partial charge in [0.1, 0.15) is 18.5 Å². The van der Waals surface area contributed by atoms with Crippen LogP contribution < -0.4 is 15.0 Å². The average molecular weight is 564 g/mol. The minimum absolute atomic E-state index is 0.136. The summed E-state index contributed by atoms with van der Waals surface area (Å²) in [6, 6.07) is 8.43. The molecular weight excluding hydrogens is 529 g/mol. The molecule has 4 saturated heterocycles. The van der Waals surface area contributed by atoms with Crippen molar-refractivity contribution in [2.45, 2.75) is 74.7 Å². The highest BCUT2D eigenvalue weighted by atomic mass is 35.5. The Morgan fingerprint density at radius 3 is 2.73 bits per heavy atom. The molecule has 3 aromatic rings. The number of benzene rings is 1. The minimum atomic E-state index is -0.788. The predicted octanol–water partition coefficient (Wildman–Crippen LogP) is 5.43. The van der Waals surface area contributed by atoms with E-state index < -0.39 is 6.17 Å². The third-order valence-electron chi connectivity index (χ3n) is 9.83. The van der Waals surface area contributed by atoms with Gasteiger partial charge in [-0.05, 0) is 74.8 Å². The first-order valence-electron chi connectivity index (χ1n) is 14.8. The van der Waals surface area contributed by atoms with Gasteiger partial charge in [0.2, 0.25) is 5.88 Å². The number of hydrogen-bond donors (Lipinski definition) is 2. The number of hydrogen-bond acceptors (Lipinski definition) is 7. The zero-order chi connectivity index (χ0) is 27.0. The van der Waals surface area contributed by atoms with Crippen LogP contribution in [0, 0.1) is 0 Å². The molecule has 8 rings (SSSR count). The van der Waals surface area contributed by atoms with Gasteiger partial charge in [-0.3, -0.25) is 9.88 Å². The van der Waals surface area contributed by atoms with Crippen LogP contribution in [0.4, 0.5) is 10.1 Å². The second-order valence-electron chi connectivity index (χ2n) is 12.6. The smallest absolute Gasteiger partial charge is 0.215 e. The molecule has 0 spiro atoms. The number of pyridine rings is 2. The molecule has 4 atom stereocenters. The molecule has 0 radical (unpaired) electrons. The van der Waals surface area contributed by atoms with Crippen molar-refractivity contribution >= 4 is 28.2 Å². The van der Waals surface area contributed by atoms with Crippen LogP contribution in [0.25, 0.3) is 22.2 Å². The van der Waals surface area contributed by atoms with Gasteiger partial charge in [0, 0.05) is 66.4 Å². The Balaban J connectivity index is 1.20. The fourth-order valence-electron chi connectivity index (χ4n) is 7.82. The zero-order valence-electron chi connectivity index (χ0n) is 22.6. The van der Waals surface area contributed by atoms with Crippen molar-refractivity contribution in [3.05, 3.63) is 41.0 Å². The monoisotopic (exact) mass is 563 g/mol. The number of piperazine rings is 1. The van der Waals surface area contributed by atoms with Crippen molar-refractivity contribution in [3.8, 4) is 22.9 Å². The highest BCUT2D eigenvalue weighted by Gasteiger charge is 2.49. The van der Waals surface area contributed by atoms with Crippen molar-refractivity contribution < 1.29 is 14.2 Å². The maximum atomic E-state index is 14.4. The van der Waals surface area contributed by atoms with Gasteiger partial charge in [-0.15, -0.1) is 0 Å². The molecule has 2 aromatic heterocycles. The largest absolute Gasteiger partial charge is 0.508 e. The molecule has 5 aliphatic rings. The van der Waals surface area contributed by atoms with Gasteiger partial charge in [0.05, 0.1) is 22.4 Å². The molecule has 9 heteroatoms. The number of ether oxygens (including phenoxy) is 1. The molecule has 0 amide bonds. The molecule has 40 heavy (non-hydrogen) atoms. The van der Waals surface area contributed by atoms with Crippen LogP contribution in [0.3, 0.4) is 0 Å². The van der Waals surface area contributed by atoms with E-state index in [2.05, 4.69) is 21.2 Å². The summed E-state index contributed by atoms with van der Waals surface area (Å²) in [4.78, 5) is 14.6. The number of aromatic hydroxyl groups is 1. The zero-order valence-corrected chi connectivity index (χ0v) is 23.3. The van der Waals surface area contributed by atoms with E-state index in [0.717, 1.165) is 78.7 Å². The number of nitrogens with zero attached hydrogens (tertiary/aromatic N) is 4. The van der Waals surface area contributed by atoms with E-state index in [4.69, 9.17) is 26.3 Å². The number of nitrogens with one attached hydrogen (secondary N) is 1. The standard InChI is InChI=1S/C31H35ClFN5O2/c32-25-9-22(39)8-23(30(25)18-2-3-18)26-10-27-24(13-34-26)28(37-15-20-4-5-21(16-37)35-20)11-29(36-27)40-17-31-6-1-7-38(31)14-19(33)12-31/h8-11,13,18-21,35,39H,1-7,12,14-17H2/t19-,20?,21?,31+/m1/s1. The molecule has 1 aliphatic carbocycles. The lowest BCUT2D eigenvalue weighted by Crippen LogP contribution is -2.51. The maximum absolute atomic E-state index is 14.4. The van der Waals surface area contributed by atoms with E-state index in [-0.39, 0.29) is 11.3 Å². The Hall–Kier alpha value is -2.68. The van der Waals surface area contributed by atoms with E-state index in [0.29, 0.717) is 48.5 Å². The summed E-state index contributed by atoms with van der Waals surface area (Å²) in [5.41, 5.74) is 4.33. The molecule has 210 valence electrons. The maximum Gasteiger partial charge on any atom is 0.215 e. The first-order chi connectivity index (χ1) is 19.4. The number of alkyl halides is 1. The van der Waals surface area contributed by atoms with Crippen LogP contribution >= 0.6 is 11.6 Å². The number of phenolic OH excluding ortho intramolecular Hbond substituents is 1. The number of halogens is 2. The van der Waals surface area contributed by atoms with E-state index in [1.807, 2.05) is 12.3 Å². The van der Waals surface area contributed by atoms with E-state index >= 15 is 0 Å². The Bertz CT molecular complexity index is 1470. The molecule has 1 aromatic carbocycles. The fraction of sp³-hybridized carbons (Fsp3) is 0.548. The summed E-state index contributed by atoms with van der Waals surface area (Å²) >= 11 is 6.61. The molecule has 1 saturated carbocycles. The summed E-state index contributed by atoms with van der Waals surface area (Å²) in [5.74, 6) is 1.11. The van der Waals surface area contributed by atoms with Gasteiger partial charge in [0.15, 0.2) is 0 Å². The van der Waals surface area contributed by atoms with Crippen LogP contribution in [-0.4, -0.2) is 76.6 Å². The number of anilines is 1. The number of aromatic nitrogens is 2. The van der Waals surface area contributed by atoms with E-state index in [9.17, 15) is 9.50 Å². The van der Waals surface area contributed by atoms with Crippen molar-refractivity contribution in [3.63, 3.8) is 0 Å². The Morgan fingerprint density at radius 1 is 1.10 bits per heavy atom. The fourth-order valence-corrected chi connectivity index (χ4v) is 8.18. The van der Waals surface area contributed by atoms with E-state index in [1.54, 1.807) is 12.1 Å².